The molecule has 15 heavy (non-hydrogen) atoms. The molecular weight excluding hydrogens is 214 g/mol. The summed E-state index contributed by atoms with van der Waals surface area (Å²) < 4.78 is 27.8. The first-order valence-corrected chi connectivity index (χ1v) is 6.96. The fourth-order valence-corrected chi connectivity index (χ4v) is 2.32. The van der Waals surface area contributed by atoms with Crippen LogP contribution in [0.15, 0.2) is 16.5 Å². The molecule has 1 N–H and O–H groups in total. The Morgan fingerprint density at radius 3 is 2.53 bits per heavy atom. The van der Waals surface area contributed by atoms with Crippen LogP contribution in [0.5, 0.6) is 0 Å². The molecule has 1 heterocycles. The lowest BCUT2D eigenvalue weighted by molar-refractivity contribution is 0.421. The molecule has 0 bridgehead atoms. The van der Waals surface area contributed by atoms with Crippen molar-refractivity contribution in [1.82, 2.24) is 5.32 Å². The molecule has 1 rings (SSSR count). The van der Waals surface area contributed by atoms with Crippen molar-refractivity contribution in [2.75, 3.05) is 18.6 Å². The van der Waals surface area contributed by atoms with Crippen LogP contribution in [0.3, 0.4) is 0 Å². The molecule has 86 valence electrons. The predicted octanol–water partition coefficient (Wildman–Crippen LogP) is 1.28. The van der Waals surface area contributed by atoms with Gasteiger partial charge in [-0.05, 0) is 25.6 Å². The third-order valence-corrected chi connectivity index (χ3v) is 2.96. The summed E-state index contributed by atoms with van der Waals surface area (Å²) in [5.41, 5.74) is 0. The predicted molar refractivity (Wildman–Crippen MR) is 59.6 cm³/mol. The van der Waals surface area contributed by atoms with Gasteiger partial charge in [0.1, 0.15) is 21.4 Å². The van der Waals surface area contributed by atoms with Crippen LogP contribution in [-0.2, 0) is 9.84 Å². The highest BCUT2D eigenvalue weighted by Crippen LogP contribution is 2.17. The summed E-state index contributed by atoms with van der Waals surface area (Å²) in [6.07, 6.45) is 1.23. The van der Waals surface area contributed by atoms with Crippen LogP contribution in [0.1, 0.15) is 24.5 Å². The van der Waals surface area contributed by atoms with E-state index in [-0.39, 0.29) is 11.8 Å². The van der Waals surface area contributed by atoms with Crippen molar-refractivity contribution >= 4 is 9.84 Å². The summed E-state index contributed by atoms with van der Waals surface area (Å²) in [6, 6.07) is 3.40. The number of hydrogen-bond acceptors (Lipinski definition) is 4. The minimum Gasteiger partial charge on any atom is -0.465 e. The van der Waals surface area contributed by atoms with E-state index < -0.39 is 9.84 Å². The highest BCUT2D eigenvalue weighted by Gasteiger charge is 2.19. The molecule has 0 aromatic carbocycles. The topological polar surface area (TPSA) is 59.3 Å². The van der Waals surface area contributed by atoms with Gasteiger partial charge in [-0.2, -0.15) is 0 Å². The maximum atomic E-state index is 11.2. The first kappa shape index (κ1) is 12.3. The van der Waals surface area contributed by atoms with E-state index in [0.717, 1.165) is 5.76 Å². The number of nitrogens with one attached hydrogen (secondary N) is 1. The molecule has 0 fully saturated rings. The van der Waals surface area contributed by atoms with E-state index in [0.29, 0.717) is 12.3 Å². The van der Waals surface area contributed by atoms with E-state index >= 15 is 0 Å². The molecule has 1 aromatic rings. The average molecular weight is 231 g/mol. The van der Waals surface area contributed by atoms with E-state index in [1.54, 1.807) is 0 Å². The van der Waals surface area contributed by atoms with Crippen molar-refractivity contribution < 1.29 is 12.8 Å². The van der Waals surface area contributed by atoms with Gasteiger partial charge in [0.25, 0.3) is 0 Å². The third kappa shape index (κ3) is 4.05. The van der Waals surface area contributed by atoms with Crippen LogP contribution in [0.4, 0.5) is 0 Å². The monoisotopic (exact) mass is 231 g/mol. The summed E-state index contributed by atoms with van der Waals surface area (Å²) in [5, 5.41) is 3.10. The Kier molecular flexibility index (Phi) is 3.93. The van der Waals surface area contributed by atoms with Gasteiger partial charge in [-0.15, -0.1) is 0 Å². The van der Waals surface area contributed by atoms with E-state index in [1.807, 2.05) is 26.0 Å². The summed E-state index contributed by atoms with van der Waals surface area (Å²) in [4.78, 5) is 0. The Labute approximate surface area is 90.6 Å². The Bertz CT molecular complexity index is 408. The van der Waals surface area contributed by atoms with Gasteiger partial charge in [0, 0.05) is 6.26 Å². The van der Waals surface area contributed by atoms with Gasteiger partial charge >= 0.3 is 0 Å². The van der Waals surface area contributed by atoms with Crippen molar-refractivity contribution in [3.8, 4) is 0 Å². The molecule has 1 aromatic heterocycles. The second-order valence-corrected chi connectivity index (χ2v) is 5.84. The molecule has 0 radical (unpaired) electrons. The largest absolute Gasteiger partial charge is 0.465 e. The van der Waals surface area contributed by atoms with Crippen LogP contribution in [0.2, 0.25) is 0 Å². The number of rotatable bonds is 5. The zero-order valence-corrected chi connectivity index (χ0v) is 10.1. The molecule has 1 atom stereocenters. The Hall–Kier alpha value is -0.810. The normalized spacial score (nSPS) is 14.1. The summed E-state index contributed by atoms with van der Waals surface area (Å²) in [7, 11) is -3.01. The lowest BCUT2D eigenvalue weighted by atomic mass is 10.2. The molecule has 0 saturated carbocycles. The molecule has 0 spiro atoms. The van der Waals surface area contributed by atoms with E-state index in [2.05, 4.69) is 5.32 Å². The molecule has 1 unspecified atom stereocenters. The van der Waals surface area contributed by atoms with E-state index in [9.17, 15) is 8.42 Å². The van der Waals surface area contributed by atoms with Crippen molar-refractivity contribution in [2.45, 2.75) is 19.9 Å². The van der Waals surface area contributed by atoms with Crippen molar-refractivity contribution in [3.63, 3.8) is 0 Å². The average Bonchev–Trinajstić information content (AvgIpc) is 2.48. The lowest BCUT2D eigenvalue weighted by Gasteiger charge is -2.13. The van der Waals surface area contributed by atoms with Crippen LogP contribution >= 0.6 is 0 Å². The van der Waals surface area contributed by atoms with Gasteiger partial charge < -0.3 is 9.73 Å². The number of hydrogen-bond donors (Lipinski definition) is 1. The number of furan rings is 1. The highest BCUT2D eigenvalue weighted by molar-refractivity contribution is 7.90. The molecule has 0 aliphatic carbocycles. The Morgan fingerprint density at radius 2 is 2.13 bits per heavy atom. The second kappa shape index (κ2) is 4.81. The summed E-state index contributed by atoms with van der Waals surface area (Å²) in [5.74, 6) is 1.54. The molecule has 0 aliphatic heterocycles. The van der Waals surface area contributed by atoms with Gasteiger partial charge in [-0.25, -0.2) is 8.42 Å². The number of aryl methyl sites for hydroxylation is 1. The fourth-order valence-electron chi connectivity index (χ4n) is 1.43. The van der Waals surface area contributed by atoms with Crippen molar-refractivity contribution in [2.24, 2.45) is 0 Å². The zero-order chi connectivity index (χ0) is 11.5. The minimum absolute atomic E-state index is 0.0633. The van der Waals surface area contributed by atoms with E-state index in [4.69, 9.17) is 4.42 Å². The maximum Gasteiger partial charge on any atom is 0.149 e. The third-order valence-electron chi connectivity index (χ3n) is 2.02. The van der Waals surface area contributed by atoms with E-state index in [1.165, 1.54) is 6.26 Å². The quantitative estimate of drug-likeness (QED) is 0.829. The standard InChI is InChI=1S/C10H17NO3S/c1-4-11-9(7-15(3,12)13)10-6-5-8(2)14-10/h5-6,9,11H,4,7H2,1-3H3. The molecule has 0 aliphatic rings. The van der Waals surface area contributed by atoms with Gasteiger partial charge in [-0.1, -0.05) is 6.92 Å². The zero-order valence-electron chi connectivity index (χ0n) is 9.28. The smallest absolute Gasteiger partial charge is 0.149 e. The molecule has 5 heteroatoms. The van der Waals surface area contributed by atoms with Crippen molar-refractivity contribution in [3.05, 3.63) is 23.7 Å². The van der Waals surface area contributed by atoms with Gasteiger partial charge in [0.05, 0.1) is 11.8 Å². The molecule has 0 saturated heterocycles. The minimum atomic E-state index is -3.01. The lowest BCUT2D eigenvalue weighted by Crippen LogP contribution is -2.27. The highest BCUT2D eigenvalue weighted by atomic mass is 32.2. The van der Waals surface area contributed by atoms with Crippen LogP contribution < -0.4 is 5.32 Å². The van der Waals surface area contributed by atoms with Gasteiger partial charge in [0.2, 0.25) is 0 Å². The fraction of sp³-hybridized carbons (Fsp3) is 0.600. The van der Waals surface area contributed by atoms with Crippen LogP contribution in [0.25, 0.3) is 0 Å². The molecule has 4 nitrogen and oxygen atoms in total. The molecule has 0 amide bonds. The van der Waals surface area contributed by atoms with Crippen LogP contribution in [0, 0.1) is 6.92 Å². The van der Waals surface area contributed by atoms with Gasteiger partial charge in [0.15, 0.2) is 0 Å². The number of sulfone groups is 1. The molecular formula is C10H17NO3S. The SMILES string of the molecule is CCNC(CS(C)(=O)=O)c1ccc(C)o1. The Balaban J connectivity index is 2.83. The summed E-state index contributed by atoms with van der Waals surface area (Å²) >= 11 is 0. The van der Waals surface area contributed by atoms with Crippen molar-refractivity contribution in [1.29, 1.82) is 0 Å². The first-order valence-electron chi connectivity index (χ1n) is 4.90. The summed E-state index contributed by atoms with van der Waals surface area (Å²) in [6.45, 7) is 4.48. The van der Waals surface area contributed by atoms with Gasteiger partial charge in [-0.3, -0.25) is 0 Å². The van der Waals surface area contributed by atoms with Crippen LogP contribution in [-0.4, -0.2) is 27.0 Å². The first-order chi connectivity index (χ1) is 6.92. The Morgan fingerprint density at radius 1 is 1.47 bits per heavy atom. The maximum absolute atomic E-state index is 11.2. The second-order valence-electron chi connectivity index (χ2n) is 3.65.